The highest BCUT2D eigenvalue weighted by molar-refractivity contribution is 6.31. The average Bonchev–Trinajstić information content (AvgIpc) is 2.45. The standard InChI is InChI=1S/C10H12ClNO/c1-10(6-13)5-7-8(11)3-2-4-9(7)12-10/h2-4,12-13H,5-6H2,1H3. The molecule has 0 saturated carbocycles. The van der Waals surface area contributed by atoms with Gasteiger partial charge in [0.25, 0.3) is 0 Å². The van der Waals surface area contributed by atoms with Gasteiger partial charge in [0.2, 0.25) is 0 Å². The molecule has 1 aliphatic rings. The Balaban J connectivity index is 2.40. The van der Waals surface area contributed by atoms with Gasteiger partial charge < -0.3 is 10.4 Å². The number of nitrogens with one attached hydrogen (secondary N) is 1. The smallest absolute Gasteiger partial charge is 0.0662 e. The number of halogens is 1. The van der Waals surface area contributed by atoms with E-state index in [1.54, 1.807) is 0 Å². The molecule has 1 unspecified atom stereocenters. The van der Waals surface area contributed by atoms with Crippen LogP contribution < -0.4 is 5.32 Å². The topological polar surface area (TPSA) is 32.3 Å². The highest BCUT2D eigenvalue weighted by Crippen LogP contribution is 2.36. The number of rotatable bonds is 1. The van der Waals surface area contributed by atoms with E-state index in [2.05, 4.69) is 5.32 Å². The molecule has 1 heterocycles. The first-order valence-electron chi connectivity index (χ1n) is 4.31. The first-order chi connectivity index (χ1) is 6.14. The summed E-state index contributed by atoms with van der Waals surface area (Å²) >= 11 is 6.03. The SMILES string of the molecule is CC1(CO)Cc2c(Cl)cccc2N1. The van der Waals surface area contributed by atoms with Gasteiger partial charge in [-0.25, -0.2) is 0 Å². The molecule has 0 saturated heterocycles. The third-order valence-electron chi connectivity index (χ3n) is 2.47. The van der Waals surface area contributed by atoms with Crippen LogP contribution >= 0.6 is 11.6 Å². The molecular weight excluding hydrogens is 186 g/mol. The monoisotopic (exact) mass is 197 g/mol. The summed E-state index contributed by atoms with van der Waals surface area (Å²) in [5.41, 5.74) is 1.91. The Hall–Kier alpha value is -0.730. The van der Waals surface area contributed by atoms with Crippen LogP contribution in [0.25, 0.3) is 0 Å². The van der Waals surface area contributed by atoms with Crippen LogP contribution in [0.4, 0.5) is 5.69 Å². The van der Waals surface area contributed by atoms with Crippen LogP contribution in [-0.4, -0.2) is 17.3 Å². The normalized spacial score (nSPS) is 25.5. The number of aliphatic hydroxyl groups is 1. The Labute approximate surface area is 82.5 Å². The molecule has 1 aromatic carbocycles. The zero-order chi connectivity index (χ0) is 9.47. The van der Waals surface area contributed by atoms with Crippen LogP contribution in [0.1, 0.15) is 12.5 Å². The molecule has 0 aliphatic carbocycles. The van der Waals surface area contributed by atoms with Crippen LogP contribution in [-0.2, 0) is 6.42 Å². The molecular formula is C10H12ClNO. The Kier molecular flexibility index (Phi) is 1.97. The summed E-state index contributed by atoms with van der Waals surface area (Å²) < 4.78 is 0. The van der Waals surface area contributed by atoms with Crippen molar-refractivity contribution >= 4 is 17.3 Å². The van der Waals surface area contributed by atoms with Crippen molar-refractivity contribution in [2.45, 2.75) is 18.9 Å². The van der Waals surface area contributed by atoms with Gasteiger partial charge in [-0.2, -0.15) is 0 Å². The highest BCUT2D eigenvalue weighted by Gasteiger charge is 2.32. The number of aliphatic hydroxyl groups excluding tert-OH is 1. The minimum Gasteiger partial charge on any atom is -0.394 e. The van der Waals surface area contributed by atoms with Crippen molar-refractivity contribution in [2.75, 3.05) is 11.9 Å². The van der Waals surface area contributed by atoms with Crippen molar-refractivity contribution in [3.63, 3.8) is 0 Å². The van der Waals surface area contributed by atoms with Crippen LogP contribution in [0.15, 0.2) is 18.2 Å². The second-order valence-electron chi connectivity index (χ2n) is 3.79. The molecule has 1 atom stereocenters. The van der Waals surface area contributed by atoms with Gasteiger partial charge in [-0.3, -0.25) is 0 Å². The molecule has 2 N–H and O–H groups in total. The Bertz CT molecular complexity index is 340. The predicted octanol–water partition coefficient (Wildman–Crippen LogP) is 2.06. The lowest BCUT2D eigenvalue weighted by Gasteiger charge is -2.21. The molecule has 0 radical (unpaired) electrons. The Morgan fingerprint density at radius 1 is 1.62 bits per heavy atom. The fourth-order valence-electron chi connectivity index (χ4n) is 1.71. The molecule has 0 amide bonds. The van der Waals surface area contributed by atoms with E-state index in [1.807, 2.05) is 25.1 Å². The number of benzene rings is 1. The molecule has 3 heteroatoms. The summed E-state index contributed by atoms with van der Waals surface area (Å²) in [5, 5.41) is 13.2. The number of anilines is 1. The van der Waals surface area contributed by atoms with Gasteiger partial charge in [-0.1, -0.05) is 17.7 Å². The van der Waals surface area contributed by atoms with Gasteiger partial charge in [0.15, 0.2) is 0 Å². The maximum Gasteiger partial charge on any atom is 0.0662 e. The van der Waals surface area contributed by atoms with E-state index in [0.717, 1.165) is 22.7 Å². The van der Waals surface area contributed by atoms with Gasteiger partial charge in [0.1, 0.15) is 0 Å². The molecule has 0 fully saturated rings. The van der Waals surface area contributed by atoms with Crippen molar-refractivity contribution in [3.05, 3.63) is 28.8 Å². The highest BCUT2D eigenvalue weighted by atomic mass is 35.5. The third-order valence-corrected chi connectivity index (χ3v) is 2.83. The lowest BCUT2D eigenvalue weighted by atomic mass is 9.99. The largest absolute Gasteiger partial charge is 0.394 e. The van der Waals surface area contributed by atoms with Crippen LogP contribution in [0.5, 0.6) is 0 Å². The molecule has 1 aliphatic heterocycles. The van der Waals surface area contributed by atoms with E-state index >= 15 is 0 Å². The van der Waals surface area contributed by atoms with Crippen LogP contribution in [0.3, 0.4) is 0 Å². The maximum absolute atomic E-state index is 9.18. The quantitative estimate of drug-likeness (QED) is 0.723. The van der Waals surface area contributed by atoms with Crippen molar-refractivity contribution in [3.8, 4) is 0 Å². The summed E-state index contributed by atoms with van der Waals surface area (Å²) in [4.78, 5) is 0. The fourth-order valence-corrected chi connectivity index (χ4v) is 1.95. The molecule has 2 nitrogen and oxygen atoms in total. The molecule has 0 spiro atoms. The van der Waals surface area contributed by atoms with Crippen LogP contribution in [0, 0.1) is 0 Å². The van der Waals surface area contributed by atoms with Crippen molar-refractivity contribution in [1.82, 2.24) is 0 Å². The second-order valence-corrected chi connectivity index (χ2v) is 4.19. The van der Waals surface area contributed by atoms with E-state index < -0.39 is 0 Å². The van der Waals surface area contributed by atoms with Gasteiger partial charge in [0.05, 0.1) is 12.1 Å². The lowest BCUT2D eigenvalue weighted by Crippen LogP contribution is -2.36. The van der Waals surface area contributed by atoms with E-state index in [-0.39, 0.29) is 12.1 Å². The minimum absolute atomic E-state index is 0.123. The molecule has 70 valence electrons. The zero-order valence-electron chi connectivity index (χ0n) is 7.47. The molecule has 13 heavy (non-hydrogen) atoms. The first kappa shape index (κ1) is 8.85. The van der Waals surface area contributed by atoms with E-state index in [0.29, 0.717) is 0 Å². The molecule has 2 rings (SSSR count). The van der Waals surface area contributed by atoms with E-state index in [9.17, 15) is 5.11 Å². The predicted molar refractivity (Wildman–Crippen MR) is 54.3 cm³/mol. The summed E-state index contributed by atoms with van der Waals surface area (Å²) in [6.45, 7) is 2.11. The minimum atomic E-state index is -0.243. The Morgan fingerprint density at radius 2 is 2.38 bits per heavy atom. The summed E-state index contributed by atoms with van der Waals surface area (Å²) in [5.74, 6) is 0. The van der Waals surface area contributed by atoms with Gasteiger partial charge >= 0.3 is 0 Å². The van der Waals surface area contributed by atoms with Crippen molar-refractivity contribution in [1.29, 1.82) is 0 Å². The number of fused-ring (bicyclic) bond motifs is 1. The van der Waals surface area contributed by atoms with Crippen molar-refractivity contribution in [2.24, 2.45) is 0 Å². The third kappa shape index (κ3) is 1.40. The molecule has 0 bridgehead atoms. The van der Waals surface area contributed by atoms with Gasteiger partial charge in [-0.05, 0) is 24.6 Å². The van der Waals surface area contributed by atoms with E-state index in [1.165, 1.54) is 0 Å². The second kappa shape index (κ2) is 2.89. The van der Waals surface area contributed by atoms with Gasteiger partial charge in [-0.15, -0.1) is 0 Å². The number of hydrogen-bond donors (Lipinski definition) is 2. The maximum atomic E-state index is 9.18. The lowest BCUT2D eigenvalue weighted by molar-refractivity contribution is 0.227. The fraction of sp³-hybridized carbons (Fsp3) is 0.400. The average molecular weight is 198 g/mol. The van der Waals surface area contributed by atoms with Crippen molar-refractivity contribution < 1.29 is 5.11 Å². The molecule has 1 aromatic rings. The van der Waals surface area contributed by atoms with E-state index in [4.69, 9.17) is 11.6 Å². The zero-order valence-corrected chi connectivity index (χ0v) is 8.23. The summed E-state index contributed by atoms with van der Waals surface area (Å²) in [6.07, 6.45) is 0.790. The van der Waals surface area contributed by atoms with Crippen LogP contribution in [0.2, 0.25) is 5.02 Å². The summed E-state index contributed by atoms with van der Waals surface area (Å²) in [6, 6.07) is 5.78. The first-order valence-corrected chi connectivity index (χ1v) is 4.69. The molecule has 0 aromatic heterocycles. The Morgan fingerprint density at radius 3 is 3.00 bits per heavy atom. The van der Waals surface area contributed by atoms with Gasteiger partial charge in [0, 0.05) is 17.1 Å². The summed E-state index contributed by atoms with van der Waals surface area (Å²) in [7, 11) is 0. The number of hydrogen-bond acceptors (Lipinski definition) is 2.